The van der Waals surface area contributed by atoms with Gasteiger partial charge in [-0.3, -0.25) is 4.90 Å². The number of likely N-dealkylation sites (tertiary alicyclic amines) is 1. The lowest BCUT2D eigenvalue weighted by Crippen LogP contribution is -2.47. The molecule has 2 aromatic rings. The SMILES string of the molecule is CN1CCN(CCC2CCCCN2Cc2cc3ccccc3o2)CC1. The summed E-state index contributed by atoms with van der Waals surface area (Å²) in [7, 11) is 2.23. The maximum atomic E-state index is 6.07. The molecule has 1 unspecified atom stereocenters. The molecule has 0 aliphatic carbocycles. The fraction of sp³-hybridized carbons (Fsp3) is 0.619. The van der Waals surface area contributed by atoms with E-state index in [1.54, 1.807) is 0 Å². The first kappa shape index (κ1) is 17.1. The van der Waals surface area contributed by atoms with Crippen LogP contribution in [0.2, 0.25) is 0 Å². The van der Waals surface area contributed by atoms with Gasteiger partial charge in [0.1, 0.15) is 11.3 Å². The molecule has 0 amide bonds. The number of rotatable bonds is 5. The largest absolute Gasteiger partial charge is 0.460 e. The van der Waals surface area contributed by atoms with E-state index in [2.05, 4.69) is 52.1 Å². The fourth-order valence-corrected chi connectivity index (χ4v) is 4.31. The summed E-state index contributed by atoms with van der Waals surface area (Å²) in [5.74, 6) is 1.12. The van der Waals surface area contributed by atoms with Crippen LogP contribution >= 0.6 is 0 Å². The number of para-hydroxylation sites is 1. The standard InChI is InChI=1S/C21H31N3O/c1-22-12-14-23(15-13-22)11-9-19-7-4-5-10-24(19)17-20-16-18-6-2-3-8-21(18)25-20/h2-3,6,8,16,19H,4-5,7,9-15,17H2,1H3. The summed E-state index contributed by atoms with van der Waals surface area (Å²) >= 11 is 0. The van der Waals surface area contributed by atoms with E-state index in [-0.39, 0.29) is 0 Å². The number of furan rings is 1. The minimum atomic E-state index is 0.710. The summed E-state index contributed by atoms with van der Waals surface area (Å²) in [6.45, 7) is 8.31. The molecule has 2 aliphatic rings. The second-order valence-electron chi connectivity index (χ2n) is 7.80. The van der Waals surface area contributed by atoms with Crippen LogP contribution in [0.3, 0.4) is 0 Å². The van der Waals surface area contributed by atoms with Crippen molar-refractivity contribution in [3.05, 3.63) is 36.1 Å². The minimum Gasteiger partial charge on any atom is -0.460 e. The van der Waals surface area contributed by atoms with E-state index in [0.29, 0.717) is 6.04 Å². The van der Waals surface area contributed by atoms with Crippen LogP contribution in [-0.2, 0) is 6.54 Å². The Morgan fingerprint density at radius 1 is 1.04 bits per heavy atom. The van der Waals surface area contributed by atoms with Gasteiger partial charge in [-0.15, -0.1) is 0 Å². The number of piperazine rings is 1. The molecular formula is C21H31N3O. The quantitative estimate of drug-likeness (QED) is 0.831. The van der Waals surface area contributed by atoms with Gasteiger partial charge in [-0.05, 0) is 51.5 Å². The molecule has 0 radical (unpaired) electrons. The molecule has 2 fully saturated rings. The average Bonchev–Trinajstić information content (AvgIpc) is 3.05. The molecule has 4 nitrogen and oxygen atoms in total. The monoisotopic (exact) mass is 341 g/mol. The van der Waals surface area contributed by atoms with Gasteiger partial charge in [-0.25, -0.2) is 0 Å². The van der Waals surface area contributed by atoms with Crippen LogP contribution in [0, 0.1) is 0 Å². The second-order valence-corrected chi connectivity index (χ2v) is 7.80. The fourth-order valence-electron chi connectivity index (χ4n) is 4.31. The molecular weight excluding hydrogens is 310 g/mol. The van der Waals surface area contributed by atoms with Gasteiger partial charge in [0.15, 0.2) is 0 Å². The highest BCUT2D eigenvalue weighted by atomic mass is 16.3. The van der Waals surface area contributed by atoms with E-state index < -0.39 is 0 Å². The van der Waals surface area contributed by atoms with Gasteiger partial charge in [0.05, 0.1) is 6.54 Å². The number of benzene rings is 1. The third-order valence-electron chi connectivity index (χ3n) is 5.96. The first-order valence-corrected chi connectivity index (χ1v) is 9.90. The minimum absolute atomic E-state index is 0.710. The average molecular weight is 341 g/mol. The van der Waals surface area contributed by atoms with Crippen LogP contribution in [0.5, 0.6) is 0 Å². The van der Waals surface area contributed by atoms with Gasteiger partial charge < -0.3 is 14.2 Å². The zero-order valence-electron chi connectivity index (χ0n) is 15.5. The summed E-state index contributed by atoms with van der Waals surface area (Å²) in [5, 5.41) is 1.23. The number of likely N-dealkylation sites (N-methyl/N-ethyl adjacent to an activating group) is 1. The number of hydrogen-bond acceptors (Lipinski definition) is 4. The molecule has 0 saturated carbocycles. The highest BCUT2D eigenvalue weighted by Crippen LogP contribution is 2.25. The summed E-state index contributed by atoms with van der Waals surface area (Å²) in [5.41, 5.74) is 1.02. The molecule has 3 heterocycles. The maximum absolute atomic E-state index is 6.07. The van der Waals surface area contributed by atoms with Crippen LogP contribution in [-0.4, -0.2) is 67.1 Å². The number of fused-ring (bicyclic) bond motifs is 1. The lowest BCUT2D eigenvalue weighted by atomic mass is 9.98. The highest BCUT2D eigenvalue weighted by molar-refractivity contribution is 5.77. The Balaban J connectivity index is 1.35. The Hall–Kier alpha value is -1.36. The van der Waals surface area contributed by atoms with E-state index in [0.717, 1.165) is 17.9 Å². The molecule has 0 N–H and O–H groups in total. The van der Waals surface area contributed by atoms with Crippen molar-refractivity contribution in [3.8, 4) is 0 Å². The Kier molecular flexibility index (Phi) is 5.39. The van der Waals surface area contributed by atoms with Crippen LogP contribution < -0.4 is 0 Å². The topological polar surface area (TPSA) is 22.9 Å². The summed E-state index contributed by atoms with van der Waals surface area (Å²) in [6.07, 6.45) is 5.34. The predicted octanol–water partition coefficient (Wildman–Crippen LogP) is 3.42. The third kappa shape index (κ3) is 4.25. The third-order valence-corrected chi connectivity index (χ3v) is 5.96. The van der Waals surface area contributed by atoms with Crippen LogP contribution in [0.4, 0.5) is 0 Å². The predicted molar refractivity (Wildman–Crippen MR) is 103 cm³/mol. The summed E-state index contributed by atoms with van der Waals surface area (Å²) < 4.78 is 6.07. The molecule has 25 heavy (non-hydrogen) atoms. The second kappa shape index (κ2) is 7.90. The van der Waals surface area contributed by atoms with Crippen LogP contribution in [0.1, 0.15) is 31.4 Å². The van der Waals surface area contributed by atoms with Crippen LogP contribution in [0.25, 0.3) is 11.0 Å². The first-order valence-electron chi connectivity index (χ1n) is 9.90. The van der Waals surface area contributed by atoms with Gasteiger partial charge in [0, 0.05) is 37.6 Å². The lowest BCUT2D eigenvalue weighted by Gasteiger charge is -2.38. The van der Waals surface area contributed by atoms with E-state index in [1.807, 2.05) is 0 Å². The van der Waals surface area contributed by atoms with E-state index >= 15 is 0 Å². The van der Waals surface area contributed by atoms with E-state index in [9.17, 15) is 0 Å². The van der Waals surface area contributed by atoms with Crippen molar-refractivity contribution in [2.75, 3.05) is 46.3 Å². The van der Waals surface area contributed by atoms with Gasteiger partial charge in [-0.1, -0.05) is 24.6 Å². The van der Waals surface area contributed by atoms with E-state index in [1.165, 1.54) is 70.3 Å². The molecule has 4 heteroatoms. The smallest absolute Gasteiger partial charge is 0.134 e. The lowest BCUT2D eigenvalue weighted by molar-refractivity contribution is 0.0969. The summed E-state index contributed by atoms with van der Waals surface area (Å²) in [4.78, 5) is 7.75. The highest BCUT2D eigenvalue weighted by Gasteiger charge is 2.24. The molecule has 0 spiro atoms. The molecule has 2 saturated heterocycles. The Morgan fingerprint density at radius 2 is 1.88 bits per heavy atom. The molecule has 4 rings (SSSR count). The molecule has 2 aliphatic heterocycles. The Labute approximate surface area is 151 Å². The van der Waals surface area contributed by atoms with Crippen molar-refractivity contribution < 1.29 is 4.42 Å². The molecule has 0 bridgehead atoms. The van der Waals surface area contributed by atoms with E-state index in [4.69, 9.17) is 4.42 Å². The first-order chi connectivity index (χ1) is 12.3. The van der Waals surface area contributed by atoms with Gasteiger partial charge in [0.2, 0.25) is 0 Å². The van der Waals surface area contributed by atoms with Crippen molar-refractivity contribution in [2.24, 2.45) is 0 Å². The van der Waals surface area contributed by atoms with Crippen molar-refractivity contribution >= 4 is 11.0 Å². The zero-order chi connectivity index (χ0) is 17.1. The van der Waals surface area contributed by atoms with Gasteiger partial charge >= 0.3 is 0 Å². The molecule has 1 atom stereocenters. The number of hydrogen-bond donors (Lipinski definition) is 0. The normalized spacial score (nSPS) is 24.1. The summed E-state index contributed by atoms with van der Waals surface area (Å²) in [6, 6.07) is 11.3. The Bertz CT molecular complexity index is 642. The maximum Gasteiger partial charge on any atom is 0.134 e. The Morgan fingerprint density at radius 3 is 2.72 bits per heavy atom. The molecule has 1 aromatic carbocycles. The van der Waals surface area contributed by atoms with Crippen molar-refractivity contribution in [1.29, 1.82) is 0 Å². The molecule has 136 valence electrons. The van der Waals surface area contributed by atoms with Crippen molar-refractivity contribution in [1.82, 2.24) is 14.7 Å². The zero-order valence-corrected chi connectivity index (χ0v) is 15.5. The van der Waals surface area contributed by atoms with Gasteiger partial charge in [-0.2, -0.15) is 0 Å². The molecule has 1 aromatic heterocycles. The van der Waals surface area contributed by atoms with Crippen LogP contribution in [0.15, 0.2) is 34.7 Å². The number of nitrogens with zero attached hydrogens (tertiary/aromatic N) is 3. The van der Waals surface area contributed by atoms with Crippen molar-refractivity contribution in [3.63, 3.8) is 0 Å². The number of piperidine rings is 1. The van der Waals surface area contributed by atoms with Crippen molar-refractivity contribution in [2.45, 2.75) is 38.3 Å². The van der Waals surface area contributed by atoms with Gasteiger partial charge in [0.25, 0.3) is 0 Å².